The smallest absolute Gasteiger partial charge is 0.141 e. The lowest BCUT2D eigenvalue weighted by molar-refractivity contribution is 0.0620. The van der Waals surface area contributed by atoms with Crippen molar-refractivity contribution in [3.8, 4) is 0 Å². The molecule has 3 aromatic rings. The van der Waals surface area contributed by atoms with Crippen molar-refractivity contribution < 1.29 is 5.11 Å². The molecule has 1 atom stereocenters. The molecule has 4 nitrogen and oxygen atoms in total. The van der Waals surface area contributed by atoms with Gasteiger partial charge >= 0.3 is 0 Å². The number of nitrogens with one attached hydrogen (secondary N) is 1. The molecule has 1 unspecified atom stereocenters. The van der Waals surface area contributed by atoms with Crippen LogP contribution in [0.25, 0.3) is 11.0 Å². The molecule has 2 N–H and O–H groups in total. The fourth-order valence-electron chi connectivity index (χ4n) is 5.70. The molecule has 5 rings (SSSR count). The average Bonchev–Trinajstić information content (AvgIpc) is 3.33. The maximum absolute atomic E-state index is 10.8. The van der Waals surface area contributed by atoms with Crippen LogP contribution in [0.1, 0.15) is 68.1 Å². The minimum Gasteiger partial charge on any atom is -0.383 e. The number of nitrogens with zero attached hydrogens (tertiary/aromatic N) is 2. The van der Waals surface area contributed by atoms with E-state index in [1.165, 1.54) is 16.7 Å². The number of hydrogen-bond donors (Lipinski definition) is 2. The molecule has 2 aliphatic carbocycles. The fraction of sp³-hybridized carbons (Fsp3) is 0.519. The van der Waals surface area contributed by atoms with E-state index in [4.69, 9.17) is 16.6 Å². The second-order valence-corrected chi connectivity index (χ2v) is 10.9. The maximum Gasteiger partial charge on any atom is 0.141 e. The summed E-state index contributed by atoms with van der Waals surface area (Å²) in [6.07, 6.45) is 6.83. The Bertz CT molecular complexity index is 1120. The van der Waals surface area contributed by atoms with E-state index in [0.717, 1.165) is 67.0 Å². The highest BCUT2D eigenvalue weighted by Crippen LogP contribution is 2.36. The molecule has 0 saturated heterocycles. The van der Waals surface area contributed by atoms with Crippen LogP contribution in [0.4, 0.5) is 0 Å². The normalized spacial score (nSPS) is 23.6. The van der Waals surface area contributed by atoms with E-state index in [1.54, 1.807) is 0 Å². The minimum absolute atomic E-state index is 0.389. The van der Waals surface area contributed by atoms with Crippen LogP contribution in [0.5, 0.6) is 0 Å². The number of hydrogen-bond acceptors (Lipinski definition) is 3. The van der Waals surface area contributed by atoms with E-state index in [1.807, 2.05) is 19.9 Å². The number of fused-ring (bicyclic) bond motifs is 2. The van der Waals surface area contributed by atoms with Gasteiger partial charge in [0.25, 0.3) is 0 Å². The molecule has 0 aliphatic heterocycles. The zero-order chi connectivity index (χ0) is 22.5. The Labute approximate surface area is 196 Å². The monoisotopic (exact) mass is 451 g/mol. The third-order valence-electron chi connectivity index (χ3n) is 7.33. The molecule has 2 aliphatic rings. The summed E-state index contributed by atoms with van der Waals surface area (Å²) >= 11 is 6.17. The van der Waals surface area contributed by atoms with Gasteiger partial charge in [-0.1, -0.05) is 23.7 Å². The van der Waals surface area contributed by atoms with Crippen molar-refractivity contribution in [1.29, 1.82) is 0 Å². The van der Waals surface area contributed by atoms with Crippen LogP contribution in [-0.2, 0) is 18.4 Å². The molecule has 170 valence electrons. The van der Waals surface area contributed by atoms with Crippen LogP contribution in [0.15, 0.2) is 36.4 Å². The number of imidazole rings is 1. The minimum atomic E-state index is -0.956. The molecule has 2 aromatic carbocycles. The lowest BCUT2D eigenvalue weighted by Gasteiger charge is -2.33. The molecule has 0 amide bonds. The number of halogens is 1. The van der Waals surface area contributed by atoms with E-state index < -0.39 is 5.60 Å². The molecular weight excluding hydrogens is 418 g/mol. The van der Waals surface area contributed by atoms with Gasteiger partial charge in [-0.15, -0.1) is 0 Å². The molecule has 1 saturated carbocycles. The summed E-state index contributed by atoms with van der Waals surface area (Å²) in [5, 5.41) is 15.5. The van der Waals surface area contributed by atoms with Gasteiger partial charge in [-0.25, -0.2) is 4.98 Å². The first kappa shape index (κ1) is 21.9. The molecule has 1 aromatic heterocycles. The molecule has 1 heterocycles. The average molecular weight is 452 g/mol. The SMILES string of the molecule is Cc1ccc2c(c1)nc(C(C)(C)O)n2C1CCC(NCC2Cc3ccc(Cl)cc3C2)CC1. The summed E-state index contributed by atoms with van der Waals surface area (Å²) in [7, 11) is 0. The Morgan fingerprint density at radius 1 is 1.06 bits per heavy atom. The molecule has 0 radical (unpaired) electrons. The van der Waals surface area contributed by atoms with Crippen LogP contribution in [0.3, 0.4) is 0 Å². The van der Waals surface area contributed by atoms with Crippen LogP contribution in [0, 0.1) is 12.8 Å². The fourth-order valence-corrected chi connectivity index (χ4v) is 5.90. The molecule has 1 fully saturated rings. The van der Waals surface area contributed by atoms with Crippen molar-refractivity contribution in [3.63, 3.8) is 0 Å². The second kappa shape index (κ2) is 8.48. The van der Waals surface area contributed by atoms with Gasteiger partial charge in [0.1, 0.15) is 11.4 Å². The summed E-state index contributed by atoms with van der Waals surface area (Å²) < 4.78 is 2.32. The Hall–Kier alpha value is -1.88. The number of aromatic nitrogens is 2. The summed E-state index contributed by atoms with van der Waals surface area (Å²) in [5.41, 5.74) is 5.27. The summed E-state index contributed by atoms with van der Waals surface area (Å²) in [6.45, 7) is 6.86. The second-order valence-electron chi connectivity index (χ2n) is 10.5. The molecule has 32 heavy (non-hydrogen) atoms. The predicted octanol–water partition coefficient (Wildman–Crippen LogP) is 5.71. The van der Waals surface area contributed by atoms with Crippen molar-refractivity contribution in [1.82, 2.24) is 14.9 Å². The van der Waals surface area contributed by atoms with E-state index >= 15 is 0 Å². The number of benzene rings is 2. The highest BCUT2D eigenvalue weighted by atomic mass is 35.5. The van der Waals surface area contributed by atoms with E-state index in [9.17, 15) is 5.11 Å². The topological polar surface area (TPSA) is 50.1 Å². The van der Waals surface area contributed by atoms with Gasteiger partial charge in [0, 0.05) is 17.1 Å². The van der Waals surface area contributed by atoms with Gasteiger partial charge < -0.3 is 15.0 Å². The Kier molecular flexibility index (Phi) is 5.81. The first-order valence-electron chi connectivity index (χ1n) is 12.0. The van der Waals surface area contributed by atoms with Gasteiger partial charge in [-0.05, 0) is 113 Å². The van der Waals surface area contributed by atoms with Gasteiger partial charge in [0.15, 0.2) is 0 Å². The maximum atomic E-state index is 10.8. The van der Waals surface area contributed by atoms with Crippen molar-refractivity contribution in [3.05, 3.63) is 63.9 Å². The molecule has 0 bridgehead atoms. The predicted molar refractivity (Wildman–Crippen MR) is 131 cm³/mol. The van der Waals surface area contributed by atoms with E-state index in [2.05, 4.69) is 47.1 Å². The lowest BCUT2D eigenvalue weighted by Crippen LogP contribution is -2.37. The highest BCUT2D eigenvalue weighted by molar-refractivity contribution is 6.30. The van der Waals surface area contributed by atoms with Crippen LogP contribution in [0.2, 0.25) is 5.02 Å². The lowest BCUT2D eigenvalue weighted by atomic mass is 9.90. The molecule has 0 spiro atoms. The van der Waals surface area contributed by atoms with Crippen LogP contribution < -0.4 is 5.32 Å². The molecule has 5 heteroatoms. The van der Waals surface area contributed by atoms with Gasteiger partial charge in [-0.3, -0.25) is 0 Å². The summed E-state index contributed by atoms with van der Waals surface area (Å²) in [4.78, 5) is 4.84. The van der Waals surface area contributed by atoms with Crippen LogP contribution in [-0.4, -0.2) is 27.2 Å². The van der Waals surface area contributed by atoms with Crippen molar-refractivity contribution in [2.24, 2.45) is 5.92 Å². The zero-order valence-electron chi connectivity index (χ0n) is 19.4. The Balaban J connectivity index is 1.23. The first-order valence-corrected chi connectivity index (χ1v) is 12.4. The van der Waals surface area contributed by atoms with E-state index in [0.29, 0.717) is 18.0 Å². The number of aryl methyl sites for hydroxylation is 1. The van der Waals surface area contributed by atoms with Crippen molar-refractivity contribution in [2.45, 2.75) is 77.0 Å². The van der Waals surface area contributed by atoms with Crippen molar-refractivity contribution >= 4 is 22.6 Å². The third kappa shape index (κ3) is 4.33. The first-order chi connectivity index (χ1) is 15.3. The Morgan fingerprint density at radius 3 is 2.56 bits per heavy atom. The standard InChI is InChI=1S/C27H34ClN3O/c1-17-4-11-25-24(12-17)30-26(27(2,3)32)31(25)23-9-7-22(8-10-23)29-16-18-13-19-5-6-21(28)15-20(19)14-18/h4-6,11-12,15,18,22-23,29,32H,7-10,13-14,16H2,1-3H3. The summed E-state index contributed by atoms with van der Waals surface area (Å²) in [5.74, 6) is 1.46. The largest absolute Gasteiger partial charge is 0.383 e. The summed E-state index contributed by atoms with van der Waals surface area (Å²) in [6, 6.07) is 13.7. The van der Waals surface area contributed by atoms with Gasteiger partial charge in [0.05, 0.1) is 11.0 Å². The quantitative estimate of drug-likeness (QED) is 0.522. The third-order valence-corrected chi connectivity index (χ3v) is 7.57. The zero-order valence-corrected chi connectivity index (χ0v) is 20.1. The van der Waals surface area contributed by atoms with Crippen molar-refractivity contribution in [2.75, 3.05) is 6.54 Å². The number of aliphatic hydroxyl groups is 1. The van der Waals surface area contributed by atoms with Gasteiger partial charge in [0.2, 0.25) is 0 Å². The van der Waals surface area contributed by atoms with Crippen LogP contribution >= 0.6 is 11.6 Å². The van der Waals surface area contributed by atoms with E-state index in [-0.39, 0.29) is 0 Å². The van der Waals surface area contributed by atoms with Gasteiger partial charge in [-0.2, -0.15) is 0 Å². The Morgan fingerprint density at radius 2 is 1.81 bits per heavy atom. The molecular formula is C27H34ClN3O. The number of rotatable bonds is 5. The highest BCUT2D eigenvalue weighted by Gasteiger charge is 2.31.